The Balaban J connectivity index is 2.23. The zero-order valence-electron chi connectivity index (χ0n) is 32.6. The minimum Gasteiger partial charge on any atom is -0.508 e. The van der Waals surface area contributed by atoms with Gasteiger partial charge in [0, 0.05) is 6.42 Å². The Morgan fingerprint density at radius 2 is 0.814 bits per heavy atom. The topological polar surface area (TPSA) is 380 Å². The summed E-state index contributed by atoms with van der Waals surface area (Å²) >= 11 is 0. The highest BCUT2D eigenvalue weighted by Gasteiger charge is 2.38. The van der Waals surface area contributed by atoms with Crippen LogP contribution in [-0.4, -0.2) is 156 Å². The number of aliphatic hydroxyl groups is 5. The first-order chi connectivity index (χ1) is 27.5. The summed E-state index contributed by atoms with van der Waals surface area (Å²) < 4.78 is 0. The summed E-state index contributed by atoms with van der Waals surface area (Å²) in [4.78, 5) is 90.8. The van der Waals surface area contributed by atoms with Gasteiger partial charge in [-0.3, -0.25) is 28.8 Å². The molecule has 0 saturated carbocycles. The molecule has 0 fully saturated rings. The number of nitrogens with one attached hydrogen (secondary N) is 6. The van der Waals surface area contributed by atoms with Crippen LogP contribution in [0.25, 0.3) is 0 Å². The molecule has 0 aliphatic heterocycles. The predicted molar refractivity (Wildman–Crippen MR) is 205 cm³/mol. The van der Waals surface area contributed by atoms with Gasteiger partial charge in [-0.2, -0.15) is 0 Å². The third kappa shape index (κ3) is 15.4. The summed E-state index contributed by atoms with van der Waals surface area (Å²) in [6.07, 6.45) is -6.87. The lowest BCUT2D eigenvalue weighted by atomic mass is 10.0. The number of carboxylic acids is 1. The molecule has 22 heteroatoms. The molecule has 2 rings (SSSR count). The Morgan fingerprint density at radius 1 is 0.492 bits per heavy atom. The van der Waals surface area contributed by atoms with Gasteiger partial charge in [-0.1, -0.05) is 24.3 Å². The van der Waals surface area contributed by atoms with Crippen molar-refractivity contribution >= 4 is 41.4 Å². The number of phenols is 2. The monoisotopic (exact) mass is 835 g/mol. The van der Waals surface area contributed by atoms with Gasteiger partial charge in [-0.15, -0.1) is 0 Å². The number of aromatic hydroxyl groups is 2. The molecule has 16 N–H and O–H groups in total. The van der Waals surface area contributed by atoms with Crippen molar-refractivity contribution < 1.29 is 74.4 Å². The second-order valence-corrected chi connectivity index (χ2v) is 13.9. The highest BCUT2D eigenvalue weighted by atomic mass is 16.4. The number of rotatable bonds is 22. The van der Waals surface area contributed by atoms with Crippen LogP contribution >= 0.6 is 0 Å². The fourth-order valence-corrected chi connectivity index (χ4v) is 5.39. The van der Waals surface area contributed by atoms with Crippen molar-refractivity contribution in [3.05, 3.63) is 59.7 Å². The predicted octanol–water partition coefficient (Wildman–Crippen LogP) is -5.28. The van der Waals surface area contributed by atoms with E-state index in [-0.39, 0.29) is 24.3 Å². The van der Waals surface area contributed by atoms with Crippen LogP contribution in [0.5, 0.6) is 11.5 Å². The normalized spacial score (nSPS) is 16.8. The standard InChI is InChI=1S/C37H53N7O15/c1-16(46)27(34(55)42-28(17(2)47)35(56)43-29(18(3)48)36(57)44-30(19(4)49)37(58)59)41-33(54)26(15-45)40-32(53)25(14-21-7-11-23(51)12-8-21)39-31(52)24(38)13-20-5-9-22(50)10-6-20/h5-12,16-19,24-30,45-51H,13-15,38H2,1-4H3,(H,39,52)(H,40,53)(H,41,54)(H,42,55)(H,43,56)(H,44,57)(H,58,59)/t16-,17-,18-,19-,24+,25+,26+,27+,28+,29+,30+/m1/s1. The first-order valence-electron chi connectivity index (χ1n) is 18.3. The number of carboxylic acid groups (broad SMARTS) is 1. The quantitative estimate of drug-likeness (QED) is 0.0527. The summed E-state index contributed by atoms with van der Waals surface area (Å²) in [6, 6.07) is -0.455. The third-order valence-corrected chi connectivity index (χ3v) is 8.79. The lowest BCUT2D eigenvalue weighted by Crippen LogP contribution is -2.64. The number of hydrogen-bond donors (Lipinski definition) is 15. The zero-order valence-corrected chi connectivity index (χ0v) is 32.6. The number of nitrogens with two attached hydrogens (primary N) is 1. The fourth-order valence-electron chi connectivity index (χ4n) is 5.39. The SMILES string of the molecule is C[C@@H](O)[C@H](NC(=O)[C@@H](NC(=O)[C@@H](NC(=O)[C@@H](NC(=O)[C@H](CO)NC(=O)[C@H](Cc1ccc(O)cc1)NC(=O)[C@@H](N)Cc1ccc(O)cc1)[C@@H](C)O)[C@@H](C)O)[C@@H](C)O)C(=O)O. The van der Waals surface area contributed by atoms with Crippen LogP contribution < -0.4 is 37.6 Å². The number of hydrogen-bond acceptors (Lipinski definition) is 15. The molecule has 0 spiro atoms. The summed E-state index contributed by atoms with van der Waals surface area (Å²) in [6.45, 7) is 3.18. The largest absolute Gasteiger partial charge is 0.508 e. The maximum atomic E-state index is 13.6. The van der Waals surface area contributed by atoms with Crippen LogP contribution in [0.4, 0.5) is 0 Å². The van der Waals surface area contributed by atoms with E-state index in [1.807, 2.05) is 5.32 Å². The molecule has 59 heavy (non-hydrogen) atoms. The number of amides is 6. The van der Waals surface area contributed by atoms with E-state index in [4.69, 9.17) is 5.73 Å². The molecule has 0 aliphatic rings. The van der Waals surface area contributed by atoms with Gasteiger partial charge >= 0.3 is 5.97 Å². The van der Waals surface area contributed by atoms with Crippen molar-refractivity contribution in [1.82, 2.24) is 31.9 Å². The van der Waals surface area contributed by atoms with E-state index in [9.17, 15) is 74.4 Å². The van der Waals surface area contributed by atoms with Gasteiger partial charge in [0.15, 0.2) is 6.04 Å². The molecule has 0 heterocycles. The van der Waals surface area contributed by atoms with Crippen molar-refractivity contribution in [2.45, 2.75) is 107 Å². The average molecular weight is 836 g/mol. The zero-order chi connectivity index (χ0) is 44.7. The summed E-state index contributed by atoms with van der Waals surface area (Å²) in [5, 5.41) is 92.2. The molecule has 2 aromatic carbocycles. The van der Waals surface area contributed by atoms with Crippen molar-refractivity contribution in [1.29, 1.82) is 0 Å². The van der Waals surface area contributed by atoms with Crippen molar-refractivity contribution in [2.75, 3.05) is 6.61 Å². The molecule has 11 atom stereocenters. The van der Waals surface area contributed by atoms with E-state index in [2.05, 4.69) is 26.6 Å². The van der Waals surface area contributed by atoms with Crippen LogP contribution in [0.3, 0.4) is 0 Å². The molecule has 0 aromatic heterocycles. The fraction of sp³-hybridized carbons (Fsp3) is 0.486. The van der Waals surface area contributed by atoms with E-state index in [1.54, 1.807) is 12.1 Å². The van der Waals surface area contributed by atoms with E-state index < -0.39 is 115 Å². The maximum absolute atomic E-state index is 13.6. The Hall–Kier alpha value is -5.91. The molecular formula is C37H53N7O15. The van der Waals surface area contributed by atoms with Gasteiger partial charge in [-0.05, 0) is 69.5 Å². The van der Waals surface area contributed by atoms with Gasteiger partial charge in [-0.25, -0.2) is 4.79 Å². The van der Waals surface area contributed by atoms with Crippen LogP contribution in [0.1, 0.15) is 38.8 Å². The van der Waals surface area contributed by atoms with E-state index in [0.29, 0.717) is 11.1 Å². The first kappa shape index (κ1) is 49.2. The molecule has 0 unspecified atom stereocenters. The van der Waals surface area contributed by atoms with Gasteiger partial charge in [0.2, 0.25) is 35.4 Å². The van der Waals surface area contributed by atoms with Crippen LogP contribution in [0.15, 0.2) is 48.5 Å². The Bertz CT molecular complexity index is 1760. The van der Waals surface area contributed by atoms with Crippen molar-refractivity contribution in [3.8, 4) is 11.5 Å². The van der Waals surface area contributed by atoms with Crippen LogP contribution in [-0.2, 0) is 46.4 Å². The number of aliphatic hydroxyl groups excluding tert-OH is 5. The second kappa shape index (κ2) is 22.9. The molecular weight excluding hydrogens is 782 g/mol. The molecule has 2 aromatic rings. The summed E-state index contributed by atoms with van der Waals surface area (Å²) in [7, 11) is 0. The Labute approximate surface area is 338 Å². The smallest absolute Gasteiger partial charge is 0.328 e. The minimum atomic E-state index is -1.92. The van der Waals surface area contributed by atoms with E-state index in [0.717, 1.165) is 27.7 Å². The van der Waals surface area contributed by atoms with Gasteiger partial charge in [0.25, 0.3) is 0 Å². The Kier molecular flexibility index (Phi) is 19.1. The van der Waals surface area contributed by atoms with E-state index in [1.165, 1.54) is 36.4 Å². The highest BCUT2D eigenvalue weighted by Crippen LogP contribution is 2.14. The molecule has 22 nitrogen and oxygen atoms in total. The molecule has 326 valence electrons. The summed E-state index contributed by atoms with van der Waals surface area (Å²) in [5.74, 6) is -8.53. The lowest BCUT2D eigenvalue weighted by molar-refractivity contribution is -0.146. The number of aliphatic carboxylic acids is 1. The van der Waals surface area contributed by atoms with Crippen LogP contribution in [0.2, 0.25) is 0 Å². The van der Waals surface area contributed by atoms with Crippen molar-refractivity contribution in [3.63, 3.8) is 0 Å². The number of benzene rings is 2. The molecule has 0 bridgehead atoms. The van der Waals surface area contributed by atoms with Gasteiger partial charge in [0.05, 0.1) is 37.1 Å². The minimum absolute atomic E-state index is 0.00770. The molecule has 6 amide bonds. The Morgan fingerprint density at radius 3 is 1.17 bits per heavy atom. The summed E-state index contributed by atoms with van der Waals surface area (Å²) in [5.41, 5.74) is 7.14. The average Bonchev–Trinajstić information content (AvgIpc) is 3.16. The third-order valence-electron chi connectivity index (χ3n) is 8.79. The number of carbonyl (C=O) groups excluding carboxylic acids is 6. The highest BCUT2D eigenvalue weighted by molar-refractivity contribution is 5.97. The lowest BCUT2D eigenvalue weighted by Gasteiger charge is -2.29. The number of phenolic OH excluding ortho intramolecular Hbond substituents is 2. The maximum Gasteiger partial charge on any atom is 0.328 e. The number of carbonyl (C=O) groups is 7. The van der Waals surface area contributed by atoms with Crippen LogP contribution in [0, 0.1) is 0 Å². The van der Waals surface area contributed by atoms with Gasteiger partial charge < -0.3 is 78.5 Å². The van der Waals surface area contributed by atoms with E-state index >= 15 is 0 Å². The van der Waals surface area contributed by atoms with Crippen molar-refractivity contribution in [2.24, 2.45) is 5.73 Å². The van der Waals surface area contributed by atoms with Gasteiger partial charge in [0.1, 0.15) is 41.7 Å². The molecule has 0 saturated heterocycles. The molecule has 0 aliphatic carbocycles. The second-order valence-electron chi connectivity index (χ2n) is 13.9. The molecule has 0 radical (unpaired) electrons. The first-order valence-corrected chi connectivity index (χ1v) is 18.3.